The molecule has 0 unspecified atom stereocenters. The number of phenols is 2. The number of nitro benzene ring substituents is 2. The van der Waals surface area contributed by atoms with E-state index >= 15 is 0 Å². The Morgan fingerprint density at radius 1 is 0.821 bits per heavy atom. The van der Waals surface area contributed by atoms with Crippen molar-refractivity contribution in [2.24, 2.45) is 0 Å². The van der Waals surface area contributed by atoms with Crippen LogP contribution in [-0.2, 0) is 0 Å². The van der Waals surface area contributed by atoms with E-state index in [1.807, 2.05) is 13.8 Å². The van der Waals surface area contributed by atoms with Gasteiger partial charge in [0.2, 0.25) is 0 Å². The lowest BCUT2D eigenvalue weighted by atomic mass is 10.2. The number of benzene rings is 2. The molecule has 0 heterocycles. The number of rotatable bonds is 6. The summed E-state index contributed by atoms with van der Waals surface area (Å²) in [5.74, 6) is -0.335. The van der Waals surface area contributed by atoms with Gasteiger partial charge in [-0.15, -0.1) is 0 Å². The maximum Gasteiger partial charge on any atom is 0.273 e. The number of nitro groups is 2. The first-order chi connectivity index (χ1) is 13.1. The first-order valence-corrected chi connectivity index (χ1v) is 8.69. The van der Waals surface area contributed by atoms with Crippen LogP contribution in [0.1, 0.15) is 13.8 Å². The SMILES string of the molecule is CCNc1cc([N+](=O)[O-])cc(Cl)c1O.CCNc1cc([N+](=O)[O-])cc(Cl)c1O. The zero-order valence-electron chi connectivity index (χ0n) is 14.9. The van der Waals surface area contributed by atoms with Crippen LogP contribution in [-0.4, -0.2) is 33.1 Å². The van der Waals surface area contributed by atoms with Crippen LogP contribution in [0.4, 0.5) is 22.7 Å². The monoisotopic (exact) mass is 432 g/mol. The first-order valence-electron chi connectivity index (χ1n) is 7.93. The molecule has 2 aromatic carbocycles. The molecule has 0 aliphatic heterocycles. The molecular weight excluding hydrogens is 415 g/mol. The highest BCUT2D eigenvalue weighted by Gasteiger charge is 2.15. The molecule has 0 aromatic heterocycles. The molecule has 2 aromatic rings. The Morgan fingerprint density at radius 2 is 1.14 bits per heavy atom. The van der Waals surface area contributed by atoms with E-state index in [0.29, 0.717) is 13.1 Å². The summed E-state index contributed by atoms with van der Waals surface area (Å²) in [5, 5.41) is 45.2. The maximum atomic E-state index is 10.5. The molecule has 10 nitrogen and oxygen atoms in total. The van der Waals surface area contributed by atoms with Gasteiger partial charge in [-0.1, -0.05) is 23.2 Å². The average molecular weight is 433 g/mol. The summed E-state index contributed by atoms with van der Waals surface area (Å²) in [4.78, 5) is 19.8. The molecule has 28 heavy (non-hydrogen) atoms. The van der Waals surface area contributed by atoms with Crippen LogP contribution in [0, 0.1) is 20.2 Å². The molecule has 0 amide bonds. The second-order valence-corrected chi connectivity index (χ2v) is 6.04. The van der Waals surface area contributed by atoms with Crippen molar-refractivity contribution in [3.05, 3.63) is 54.5 Å². The molecule has 152 valence electrons. The van der Waals surface area contributed by atoms with Crippen LogP contribution >= 0.6 is 23.2 Å². The molecule has 4 N–H and O–H groups in total. The highest BCUT2D eigenvalue weighted by atomic mass is 35.5. The number of anilines is 2. The minimum Gasteiger partial charge on any atom is -0.504 e. The zero-order chi connectivity index (χ0) is 21.4. The van der Waals surface area contributed by atoms with Crippen LogP contribution in [0.15, 0.2) is 24.3 Å². The van der Waals surface area contributed by atoms with E-state index < -0.39 is 9.85 Å². The van der Waals surface area contributed by atoms with Crippen molar-refractivity contribution in [2.45, 2.75) is 13.8 Å². The van der Waals surface area contributed by atoms with Gasteiger partial charge in [-0.05, 0) is 13.8 Å². The summed E-state index contributed by atoms with van der Waals surface area (Å²) >= 11 is 11.2. The van der Waals surface area contributed by atoms with Crippen LogP contribution in [0.25, 0.3) is 0 Å². The molecule has 0 saturated carbocycles. The van der Waals surface area contributed by atoms with Crippen LogP contribution in [0.3, 0.4) is 0 Å². The first kappa shape index (κ1) is 23.1. The summed E-state index contributed by atoms with van der Waals surface area (Å²) in [6.45, 7) is 4.72. The van der Waals surface area contributed by atoms with Crippen LogP contribution < -0.4 is 10.6 Å². The summed E-state index contributed by atoms with van der Waals surface area (Å²) in [6, 6.07) is 4.70. The van der Waals surface area contributed by atoms with Gasteiger partial charge in [0.25, 0.3) is 11.4 Å². The summed E-state index contributed by atoms with van der Waals surface area (Å²) < 4.78 is 0. The lowest BCUT2D eigenvalue weighted by Crippen LogP contribution is -1.98. The van der Waals surface area contributed by atoms with Crippen molar-refractivity contribution in [1.29, 1.82) is 0 Å². The molecule has 0 saturated heterocycles. The third-order valence-corrected chi connectivity index (χ3v) is 3.83. The Balaban J connectivity index is 0.000000280. The third-order valence-electron chi connectivity index (χ3n) is 3.25. The van der Waals surface area contributed by atoms with E-state index in [-0.39, 0.29) is 44.3 Å². The fourth-order valence-corrected chi connectivity index (χ4v) is 2.46. The predicted octanol–water partition coefficient (Wildman–Crippen LogP) is 4.77. The molecule has 0 fully saturated rings. The Hall–Kier alpha value is -2.98. The highest BCUT2D eigenvalue weighted by Crippen LogP contribution is 2.36. The lowest BCUT2D eigenvalue weighted by molar-refractivity contribution is -0.385. The number of non-ortho nitro benzene ring substituents is 2. The normalized spacial score (nSPS) is 9.86. The Kier molecular flexibility index (Phi) is 8.55. The number of nitrogens with one attached hydrogen (secondary N) is 2. The van der Waals surface area contributed by atoms with Crippen molar-refractivity contribution < 1.29 is 20.1 Å². The number of hydrogen-bond acceptors (Lipinski definition) is 8. The summed E-state index contributed by atoms with van der Waals surface area (Å²) in [5.41, 5.74) is 0.242. The van der Waals surface area contributed by atoms with E-state index in [2.05, 4.69) is 10.6 Å². The summed E-state index contributed by atoms with van der Waals surface area (Å²) in [6.07, 6.45) is 0. The van der Waals surface area contributed by atoms with Gasteiger partial charge in [-0.2, -0.15) is 0 Å². The quantitative estimate of drug-likeness (QED) is 0.289. The molecule has 2 rings (SSSR count). The van der Waals surface area contributed by atoms with Crippen LogP contribution in [0.2, 0.25) is 10.0 Å². The number of nitrogens with zero attached hydrogens (tertiary/aromatic N) is 2. The molecule has 0 radical (unpaired) electrons. The molecule has 0 bridgehead atoms. The van der Waals surface area contributed by atoms with E-state index in [9.17, 15) is 30.4 Å². The van der Waals surface area contributed by atoms with Crippen molar-refractivity contribution >= 4 is 46.0 Å². The molecule has 0 spiro atoms. The van der Waals surface area contributed by atoms with E-state index in [1.54, 1.807) is 0 Å². The summed E-state index contributed by atoms with van der Waals surface area (Å²) in [7, 11) is 0. The highest BCUT2D eigenvalue weighted by molar-refractivity contribution is 6.33. The van der Waals surface area contributed by atoms with Gasteiger partial charge in [0.1, 0.15) is 0 Å². The van der Waals surface area contributed by atoms with Gasteiger partial charge in [0, 0.05) is 37.4 Å². The second kappa shape index (κ2) is 10.4. The van der Waals surface area contributed by atoms with Crippen molar-refractivity contribution in [1.82, 2.24) is 0 Å². The maximum absolute atomic E-state index is 10.5. The molecular formula is C16H18Cl2N4O6. The number of halogens is 2. The van der Waals surface area contributed by atoms with Gasteiger partial charge < -0.3 is 20.8 Å². The number of hydrogen-bond donors (Lipinski definition) is 4. The van der Waals surface area contributed by atoms with Gasteiger partial charge in [0.05, 0.1) is 31.3 Å². The Bertz CT molecular complexity index is 807. The number of phenolic OH excluding ortho intramolecular Hbond substituents is 2. The van der Waals surface area contributed by atoms with Gasteiger partial charge in [-0.25, -0.2) is 0 Å². The average Bonchev–Trinajstić information content (AvgIpc) is 2.63. The van der Waals surface area contributed by atoms with E-state index in [1.165, 1.54) is 12.1 Å². The van der Waals surface area contributed by atoms with Crippen molar-refractivity contribution in [3.63, 3.8) is 0 Å². The largest absolute Gasteiger partial charge is 0.504 e. The van der Waals surface area contributed by atoms with Crippen molar-refractivity contribution in [2.75, 3.05) is 23.7 Å². The lowest BCUT2D eigenvalue weighted by Gasteiger charge is -2.06. The topological polar surface area (TPSA) is 151 Å². The van der Waals surface area contributed by atoms with E-state index in [0.717, 1.165) is 12.1 Å². The fourth-order valence-electron chi connectivity index (χ4n) is 2.03. The zero-order valence-corrected chi connectivity index (χ0v) is 16.4. The van der Waals surface area contributed by atoms with Crippen LogP contribution in [0.5, 0.6) is 11.5 Å². The van der Waals surface area contributed by atoms with Gasteiger partial charge >= 0.3 is 0 Å². The predicted molar refractivity (Wildman–Crippen MR) is 108 cm³/mol. The number of aromatic hydroxyl groups is 2. The molecule has 0 atom stereocenters. The third kappa shape index (κ3) is 6.03. The fraction of sp³-hybridized carbons (Fsp3) is 0.250. The smallest absolute Gasteiger partial charge is 0.273 e. The minimum absolute atomic E-state index is 0.0323. The van der Waals surface area contributed by atoms with Gasteiger partial charge in [-0.3, -0.25) is 20.2 Å². The van der Waals surface area contributed by atoms with Gasteiger partial charge in [0.15, 0.2) is 11.5 Å². The molecule has 12 heteroatoms. The Labute approximate surface area is 170 Å². The molecule has 0 aliphatic carbocycles. The minimum atomic E-state index is -0.563. The second-order valence-electron chi connectivity index (χ2n) is 5.22. The Morgan fingerprint density at radius 3 is 1.39 bits per heavy atom. The van der Waals surface area contributed by atoms with E-state index in [4.69, 9.17) is 23.2 Å². The standard InChI is InChI=1S/2C8H9ClN2O3/c2*1-2-10-7-4-5(11(13)14)3-6(9)8(7)12/h2*3-4,10,12H,2H2,1H3. The van der Waals surface area contributed by atoms with Crippen molar-refractivity contribution in [3.8, 4) is 11.5 Å². The molecule has 0 aliphatic rings.